The van der Waals surface area contributed by atoms with Crippen LogP contribution in [0, 0.1) is 5.92 Å². The monoisotopic (exact) mass is 431 g/mol. The van der Waals surface area contributed by atoms with Crippen LogP contribution < -0.4 is 10.8 Å². The normalized spacial score (nSPS) is 19.3. The van der Waals surface area contributed by atoms with Crippen molar-refractivity contribution in [3.8, 4) is 0 Å². The molecule has 1 aliphatic rings. The van der Waals surface area contributed by atoms with Gasteiger partial charge in [-0.25, -0.2) is 0 Å². The maximum atomic E-state index is 12.6. The van der Waals surface area contributed by atoms with Gasteiger partial charge in [-0.2, -0.15) is 0 Å². The molecule has 0 bridgehead atoms. The van der Waals surface area contributed by atoms with Gasteiger partial charge in [0, 0.05) is 0 Å². The molecule has 0 aromatic heterocycles. The second kappa shape index (κ2) is 10.3. The summed E-state index contributed by atoms with van der Waals surface area (Å²) in [7, 11) is -0.425. The standard InChI is InChI=1S/C24H38BNO5/c1-9-29-22(28)21(26-20(17(4)27)14-16(2)3)15-18-10-12-19(13-11-18)25-30-23(5,6)24(7,8)31-25/h10-13,16,20-21,26H,9,14-15H2,1-8H3. The summed E-state index contributed by atoms with van der Waals surface area (Å²) in [4.78, 5) is 24.7. The zero-order chi connectivity index (χ0) is 23.4. The first-order valence-corrected chi connectivity index (χ1v) is 11.2. The number of rotatable bonds is 10. The molecule has 2 rings (SSSR count). The van der Waals surface area contributed by atoms with Gasteiger partial charge in [0.2, 0.25) is 0 Å². The van der Waals surface area contributed by atoms with Gasteiger partial charge < -0.3 is 14.0 Å². The largest absolute Gasteiger partial charge is 0.494 e. The third-order valence-corrected chi connectivity index (χ3v) is 6.12. The summed E-state index contributed by atoms with van der Waals surface area (Å²) in [6, 6.07) is 6.92. The van der Waals surface area contributed by atoms with E-state index in [4.69, 9.17) is 14.0 Å². The summed E-state index contributed by atoms with van der Waals surface area (Å²) in [6.07, 6.45) is 1.11. The predicted molar refractivity (Wildman–Crippen MR) is 123 cm³/mol. The van der Waals surface area contributed by atoms with Crippen molar-refractivity contribution >= 4 is 24.3 Å². The molecule has 0 aliphatic carbocycles. The van der Waals surface area contributed by atoms with E-state index in [2.05, 4.69) is 19.2 Å². The molecule has 7 heteroatoms. The Morgan fingerprint density at radius 1 is 1.03 bits per heavy atom. The molecule has 1 fully saturated rings. The highest BCUT2D eigenvalue weighted by atomic mass is 16.7. The lowest BCUT2D eigenvalue weighted by molar-refractivity contribution is -0.146. The maximum Gasteiger partial charge on any atom is 0.494 e. The average molecular weight is 431 g/mol. The van der Waals surface area contributed by atoms with E-state index < -0.39 is 24.4 Å². The van der Waals surface area contributed by atoms with E-state index in [1.807, 2.05) is 52.0 Å². The molecule has 0 spiro atoms. The van der Waals surface area contributed by atoms with Crippen LogP contribution in [0.3, 0.4) is 0 Å². The highest BCUT2D eigenvalue weighted by Gasteiger charge is 2.51. The first kappa shape index (κ1) is 25.6. The molecule has 1 aromatic rings. The predicted octanol–water partition coefficient (Wildman–Crippen LogP) is 3.05. The van der Waals surface area contributed by atoms with Crippen LogP contribution in [0.25, 0.3) is 0 Å². The van der Waals surface area contributed by atoms with Crippen molar-refractivity contribution < 1.29 is 23.6 Å². The minimum Gasteiger partial charge on any atom is -0.465 e. The van der Waals surface area contributed by atoms with Crippen LogP contribution in [-0.4, -0.2) is 48.8 Å². The molecule has 31 heavy (non-hydrogen) atoms. The van der Waals surface area contributed by atoms with E-state index in [0.717, 1.165) is 11.0 Å². The van der Waals surface area contributed by atoms with Crippen LogP contribution in [-0.2, 0) is 30.1 Å². The average Bonchev–Trinajstić information content (AvgIpc) is 2.88. The van der Waals surface area contributed by atoms with E-state index in [9.17, 15) is 9.59 Å². The van der Waals surface area contributed by atoms with Crippen LogP contribution in [0.5, 0.6) is 0 Å². The second-order valence-corrected chi connectivity index (χ2v) is 9.80. The van der Waals surface area contributed by atoms with E-state index >= 15 is 0 Å². The molecule has 1 saturated heterocycles. The van der Waals surface area contributed by atoms with Gasteiger partial charge in [-0.1, -0.05) is 38.1 Å². The molecular weight excluding hydrogens is 393 g/mol. The van der Waals surface area contributed by atoms with Gasteiger partial charge in [0.1, 0.15) is 11.8 Å². The molecule has 1 aromatic carbocycles. The summed E-state index contributed by atoms with van der Waals surface area (Å²) < 4.78 is 17.5. The van der Waals surface area contributed by atoms with Crippen molar-refractivity contribution in [2.24, 2.45) is 5.92 Å². The topological polar surface area (TPSA) is 73.9 Å². The maximum absolute atomic E-state index is 12.6. The van der Waals surface area contributed by atoms with Crippen LogP contribution >= 0.6 is 0 Å². The number of hydrogen-bond acceptors (Lipinski definition) is 6. The smallest absolute Gasteiger partial charge is 0.465 e. The Morgan fingerprint density at radius 2 is 1.58 bits per heavy atom. The molecule has 0 saturated carbocycles. The number of ketones is 1. The molecule has 2 unspecified atom stereocenters. The Labute approximate surface area is 187 Å². The fourth-order valence-corrected chi connectivity index (χ4v) is 3.54. The Balaban J connectivity index is 2.14. The molecule has 0 amide bonds. The summed E-state index contributed by atoms with van der Waals surface area (Å²) >= 11 is 0. The number of nitrogens with one attached hydrogen (secondary N) is 1. The van der Waals surface area contributed by atoms with Crippen molar-refractivity contribution in [3.05, 3.63) is 29.8 Å². The second-order valence-electron chi connectivity index (χ2n) is 9.80. The van der Waals surface area contributed by atoms with Gasteiger partial charge in [-0.3, -0.25) is 14.9 Å². The van der Waals surface area contributed by atoms with Crippen molar-refractivity contribution in [2.45, 2.75) is 91.5 Å². The van der Waals surface area contributed by atoms with E-state index in [-0.39, 0.29) is 17.8 Å². The quantitative estimate of drug-likeness (QED) is 0.454. The van der Waals surface area contributed by atoms with Crippen LogP contribution in [0.2, 0.25) is 0 Å². The van der Waals surface area contributed by atoms with Gasteiger partial charge in [0.05, 0.1) is 23.9 Å². The van der Waals surface area contributed by atoms with E-state index in [1.165, 1.54) is 0 Å². The number of carbonyl (C=O) groups is 2. The van der Waals surface area contributed by atoms with Crippen LogP contribution in [0.15, 0.2) is 24.3 Å². The number of ether oxygens (including phenoxy) is 1. The van der Waals surface area contributed by atoms with Crippen molar-refractivity contribution in [1.82, 2.24) is 5.32 Å². The molecule has 172 valence electrons. The van der Waals surface area contributed by atoms with Crippen LogP contribution in [0.1, 0.15) is 67.4 Å². The summed E-state index contributed by atoms with van der Waals surface area (Å²) in [5.41, 5.74) is 1.11. The van der Waals surface area contributed by atoms with Crippen LogP contribution in [0.4, 0.5) is 0 Å². The molecule has 0 radical (unpaired) electrons. The van der Waals surface area contributed by atoms with E-state index in [0.29, 0.717) is 25.4 Å². The zero-order valence-electron chi connectivity index (χ0n) is 20.3. The van der Waals surface area contributed by atoms with Gasteiger partial charge >= 0.3 is 13.1 Å². The highest BCUT2D eigenvalue weighted by Crippen LogP contribution is 2.36. The Bertz CT molecular complexity index is 744. The number of benzene rings is 1. The lowest BCUT2D eigenvalue weighted by Gasteiger charge is -2.32. The summed E-state index contributed by atoms with van der Waals surface area (Å²) in [5.74, 6) is 0.0232. The first-order valence-electron chi connectivity index (χ1n) is 11.2. The summed E-state index contributed by atoms with van der Waals surface area (Å²) in [6.45, 7) is 15.9. The van der Waals surface area contributed by atoms with Crippen molar-refractivity contribution in [1.29, 1.82) is 0 Å². The van der Waals surface area contributed by atoms with Gasteiger partial charge in [-0.05, 0) is 71.3 Å². The number of hydrogen-bond donors (Lipinski definition) is 1. The molecule has 2 atom stereocenters. The third-order valence-electron chi connectivity index (χ3n) is 6.12. The lowest BCUT2D eigenvalue weighted by atomic mass is 9.78. The molecular formula is C24H38BNO5. The van der Waals surface area contributed by atoms with Gasteiger partial charge in [-0.15, -0.1) is 0 Å². The molecule has 1 aliphatic heterocycles. The Kier molecular flexibility index (Phi) is 8.48. The number of carbonyl (C=O) groups excluding carboxylic acids is 2. The van der Waals surface area contributed by atoms with Gasteiger partial charge in [0.15, 0.2) is 0 Å². The minimum atomic E-state index is -0.588. The highest BCUT2D eigenvalue weighted by molar-refractivity contribution is 6.62. The number of Topliss-reactive ketones (excluding diaryl/α,β-unsaturated/α-hetero) is 1. The summed E-state index contributed by atoms with van der Waals surface area (Å²) in [5, 5.41) is 3.24. The third kappa shape index (κ3) is 6.64. The first-order chi connectivity index (χ1) is 14.4. The molecule has 6 nitrogen and oxygen atoms in total. The number of esters is 1. The fourth-order valence-electron chi connectivity index (χ4n) is 3.54. The van der Waals surface area contributed by atoms with Crippen molar-refractivity contribution in [3.63, 3.8) is 0 Å². The molecule has 1 N–H and O–H groups in total. The lowest BCUT2D eigenvalue weighted by Crippen LogP contribution is -2.48. The Morgan fingerprint density at radius 3 is 2.03 bits per heavy atom. The van der Waals surface area contributed by atoms with E-state index in [1.54, 1.807) is 13.8 Å². The SMILES string of the molecule is CCOC(=O)C(Cc1ccc(B2OC(C)(C)C(C)(C)O2)cc1)NC(CC(C)C)C(C)=O. The Hall–Kier alpha value is -1.70. The minimum absolute atomic E-state index is 0.0270. The zero-order valence-corrected chi connectivity index (χ0v) is 20.3. The van der Waals surface area contributed by atoms with Gasteiger partial charge in [0.25, 0.3) is 0 Å². The fraction of sp³-hybridized carbons (Fsp3) is 0.667. The van der Waals surface area contributed by atoms with Crippen molar-refractivity contribution in [2.75, 3.05) is 6.61 Å². The molecule has 1 heterocycles.